The largest absolute Gasteiger partial charge is 0.490 e. The molecule has 2 heterocycles. The summed E-state index contributed by atoms with van der Waals surface area (Å²) in [6.07, 6.45) is 1.07. The van der Waals surface area contributed by atoms with E-state index in [-0.39, 0.29) is 12.1 Å². The summed E-state index contributed by atoms with van der Waals surface area (Å²) >= 11 is 1.17. The fraction of sp³-hybridized carbons (Fsp3) is 0.462. The molecule has 1 atom stereocenters. The van der Waals surface area contributed by atoms with Crippen LogP contribution in [0.15, 0.2) is 18.7 Å². The first-order valence-corrected chi connectivity index (χ1v) is 8.02. The topological polar surface area (TPSA) is 122 Å². The van der Waals surface area contributed by atoms with Crippen LogP contribution in [0.2, 0.25) is 0 Å². The number of carboxylic acid groups (broad SMARTS) is 1. The Morgan fingerprint density at radius 1 is 1.42 bits per heavy atom. The molecular weight excluding hydrogens is 377 g/mol. The average molecular weight is 394 g/mol. The van der Waals surface area contributed by atoms with Gasteiger partial charge in [0.1, 0.15) is 5.82 Å². The van der Waals surface area contributed by atoms with Gasteiger partial charge in [0.2, 0.25) is 5.13 Å². The molecule has 0 aromatic carbocycles. The lowest BCUT2D eigenvalue weighted by atomic mass is 10.2. The van der Waals surface area contributed by atoms with Gasteiger partial charge in [0.05, 0.1) is 6.33 Å². The number of aryl methyl sites for hydroxylation is 1. The van der Waals surface area contributed by atoms with Gasteiger partial charge in [-0.3, -0.25) is 5.32 Å². The number of carbonyl (C=O) groups is 2. The summed E-state index contributed by atoms with van der Waals surface area (Å²) in [5.74, 6) is -2.10. The minimum atomic E-state index is -5.08. The number of imidazole rings is 1. The number of carbonyl (C=O) groups excluding carboxylic acids is 1. The Morgan fingerprint density at radius 2 is 2.08 bits per heavy atom. The molecule has 0 saturated heterocycles. The lowest BCUT2D eigenvalue weighted by molar-refractivity contribution is -0.192. The van der Waals surface area contributed by atoms with Gasteiger partial charge in [-0.15, -0.1) is 0 Å². The molecule has 0 fully saturated rings. The number of halogens is 3. The van der Waals surface area contributed by atoms with E-state index in [4.69, 9.17) is 9.90 Å². The van der Waals surface area contributed by atoms with Crippen LogP contribution < -0.4 is 10.6 Å². The molecule has 0 spiro atoms. The summed E-state index contributed by atoms with van der Waals surface area (Å²) in [5.41, 5.74) is 0. The maximum atomic E-state index is 11.8. The van der Waals surface area contributed by atoms with E-state index in [2.05, 4.69) is 25.0 Å². The van der Waals surface area contributed by atoms with E-state index in [1.165, 1.54) is 11.5 Å². The molecule has 2 aromatic heterocycles. The van der Waals surface area contributed by atoms with E-state index in [0.29, 0.717) is 17.5 Å². The van der Waals surface area contributed by atoms with Crippen LogP contribution in [0.3, 0.4) is 0 Å². The Balaban J connectivity index is 0.000000412. The maximum absolute atomic E-state index is 11.8. The highest BCUT2D eigenvalue weighted by atomic mass is 32.1. The van der Waals surface area contributed by atoms with Gasteiger partial charge in [-0.25, -0.2) is 19.6 Å². The first kappa shape index (κ1) is 21.3. The van der Waals surface area contributed by atoms with E-state index in [9.17, 15) is 18.0 Å². The molecule has 26 heavy (non-hydrogen) atoms. The molecular formula is C13H17F3N6O3S. The molecule has 0 aliphatic heterocycles. The Labute approximate surface area is 150 Å². The Bertz CT molecular complexity index is 704. The molecule has 0 aliphatic carbocycles. The number of nitrogens with one attached hydrogen (secondary N) is 2. The highest BCUT2D eigenvalue weighted by Gasteiger charge is 2.38. The van der Waals surface area contributed by atoms with Crippen molar-refractivity contribution < 1.29 is 27.9 Å². The van der Waals surface area contributed by atoms with Gasteiger partial charge in [0.25, 0.3) is 0 Å². The monoisotopic (exact) mass is 394 g/mol. The standard InChI is InChI=1S/C11H16N6OS.C2HF3O2/c1-3-9(6-17-5-4-12-7-17)14-10(18)15-11-13-8(2)16-19-11;3-2(4,5)1(6)7/h4-5,7,9H,3,6H2,1-2H3,(H2,13,14,15,16,18);(H,6,7). The molecule has 2 rings (SSSR count). The predicted octanol–water partition coefficient (Wildman–Crippen LogP) is 2.28. The molecule has 0 aliphatic rings. The maximum Gasteiger partial charge on any atom is 0.490 e. The minimum absolute atomic E-state index is 0.0446. The molecule has 0 radical (unpaired) electrons. The lowest BCUT2D eigenvalue weighted by Crippen LogP contribution is -2.40. The van der Waals surface area contributed by atoms with Crippen LogP contribution in [0.25, 0.3) is 0 Å². The quantitative estimate of drug-likeness (QED) is 0.715. The second-order valence-electron chi connectivity index (χ2n) is 4.91. The zero-order valence-electron chi connectivity index (χ0n) is 13.8. The number of anilines is 1. The van der Waals surface area contributed by atoms with E-state index < -0.39 is 12.1 Å². The van der Waals surface area contributed by atoms with Crippen LogP contribution in [-0.4, -0.2) is 48.2 Å². The first-order valence-electron chi connectivity index (χ1n) is 7.25. The van der Waals surface area contributed by atoms with Crippen molar-refractivity contribution in [1.82, 2.24) is 24.2 Å². The number of aromatic nitrogens is 4. The molecule has 2 amide bonds. The van der Waals surface area contributed by atoms with Gasteiger partial charge in [0.15, 0.2) is 0 Å². The summed E-state index contributed by atoms with van der Waals surface area (Å²) in [7, 11) is 0. The molecule has 0 saturated carbocycles. The number of hydrogen-bond acceptors (Lipinski definition) is 6. The number of nitrogens with zero attached hydrogens (tertiary/aromatic N) is 4. The number of carboxylic acids is 1. The van der Waals surface area contributed by atoms with Crippen molar-refractivity contribution in [3.63, 3.8) is 0 Å². The second kappa shape index (κ2) is 9.70. The van der Waals surface area contributed by atoms with Crippen LogP contribution >= 0.6 is 11.5 Å². The van der Waals surface area contributed by atoms with Crippen molar-refractivity contribution in [3.8, 4) is 0 Å². The normalized spacial score (nSPS) is 11.9. The molecule has 13 heteroatoms. The molecule has 1 unspecified atom stereocenters. The molecule has 144 valence electrons. The van der Waals surface area contributed by atoms with E-state index in [0.717, 1.165) is 6.42 Å². The van der Waals surface area contributed by atoms with Crippen molar-refractivity contribution in [1.29, 1.82) is 0 Å². The van der Waals surface area contributed by atoms with E-state index >= 15 is 0 Å². The van der Waals surface area contributed by atoms with Crippen molar-refractivity contribution in [3.05, 3.63) is 24.5 Å². The Hall–Kier alpha value is -2.70. The summed E-state index contributed by atoms with van der Waals surface area (Å²) in [4.78, 5) is 28.8. The van der Waals surface area contributed by atoms with E-state index in [1.54, 1.807) is 19.4 Å². The van der Waals surface area contributed by atoms with Gasteiger partial charge < -0.3 is 15.0 Å². The predicted molar refractivity (Wildman–Crippen MR) is 86.8 cm³/mol. The zero-order valence-corrected chi connectivity index (χ0v) is 14.6. The summed E-state index contributed by atoms with van der Waals surface area (Å²) in [6, 6.07) is -0.216. The van der Waals surface area contributed by atoms with Gasteiger partial charge >= 0.3 is 18.2 Å². The van der Waals surface area contributed by atoms with Crippen molar-refractivity contribution in [2.45, 2.75) is 39.0 Å². The van der Waals surface area contributed by atoms with E-state index in [1.807, 2.05) is 17.7 Å². The van der Waals surface area contributed by atoms with Crippen molar-refractivity contribution in [2.24, 2.45) is 0 Å². The smallest absolute Gasteiger partial charge is 0.475 e. The number of hydrogen-bond donors (Lipinski definition) is 3. The molecule has 0 bridgehead atoms. The fourth-order valence-corrected chi connectivity index (χ4v) is 2.16. The van der Waals surface area contributed by atoms with Crippen molar-refractivity contribution in [2.75, 3.05) is 5.32 Å². The number of urea groups is 1. The fourth-order valence-electron chi connectivity index (χ4n) is 1.59. The average Bonchev–Trinajstić information content (AvgIpc) is 3.18. The SMILES string of the molecule is CCC(Cn1ccnc1)NC(=O)Nc1nc(C)ns1.O=C(O)C(F)(F)F. The lowest BCUT2D eigenvalue weighted by Gasteiger charge is -2.17. The summed E-state index contributed by atoms with van der Waals surface area (Å²) < 4.78 is 37.7. The number of amides is 2. The molecule has 2 aromatic rings. The minimum Gasteiger partial charge on any atom is -0.475 e. The third-order valence-electron chi connectivity index (χ3n) is 2.81. The molecule has 3 N–H and O–H groups in total. The highest BCUT2D eigenvalue weighted by Crippen LogP contribution is 2.13. The third-order valence-corrected chi connectivity index (χ3v) is 3.53. The molecule has 9 nitrogen and oxygen atoms in total. The van der Waals surface area contributed by atoms with Gasteiger partial charge in [0, 0.05) is 36.5 Å². The van der Waals surface area contributed by atoms with Crippen LogP contribution in [0.5, 0.6) is 0 Å². The van der Waals surface area contributed by atoms with Crippen LogP contribution in [0.4, 0.5) is 23.1 Å². The number of rotatable bonds is 5. The first-order chi connectivity index (χ1) is 12.1. The zero-order chi connectivity index (χ0) is 19.7. The Morgan fingerprint density at radius 3 is 2.50 bits per heavy atom. The van der Waals surface area contributed by atoms with Crippen LogP contribution in [-0.2, 0) is 11.3 Å². The van der Waals surface area contributed by atoms with Gasteiger partial charge in [-0.1, -0.05) is 6.92 Å². The summed E-state index contributed by atoms with van der Waals surface area (Å²) in [5, 5.41) is 13.2. The third kappa shape index (κ3) is 7.92. The highest BCUT2D eigenvalue weighted by molar-refractivity contribution is 7.09. The van der Waals surface area contributed by atoms with Gasteiger partial charge in [-0.2, -0.15) is 17.5 Å². The second-order valence-corrected chi connectivity index (χ2v) is 5.66. The van der Waals surface area contributed by atoms with Gasteiger partial charge in [-0.05, 0) is 13.3 Å². The van der Waals surface area contributed by atoms with Crippen LogP contribution in [0.1, 0.15) is 19.2 Å². The number of aliphatic carboxylic acids is 1. The van der Waals surface area contributed by atoms with Crippen molar-refractivity contribution >= 4 is 28.7 Å². The van der Waals surface area contributed by atoms with Crippen LogP contribution in [0, 0.1) is 6.92 Å². The Kier molecular flexibility index (Phi) is 7.96. The summed E-state index contributed by atoms with van der Waals surface area (Å²) in [6.45, 7) is 4.50. The number of alkyl halides is 3.